The quantitative estimate of drug-likeness (QED) is 0.888. The van der Waals surface area contributed by atoms with Crippen LogP contribution >= 0.6 is 15.9 Å². The lowest BCUT2D eigenvalue weighted by atomic mass is 10.2. The van der Waals surface area contributed by atoms with E-state index in [1.807, 2.05) is 6.20 Å². The normalized spacial score (nSPS) is 10.2. The van der Waals surface area contributed by atoms with Gasteiger partial charge >= 0.3 is 0 Å². The van der Waals surface area contributed by atoms with Gasteiger partial charge in [0.25, 0.3) is 5.91 Å². The molecule has 2 amide bonds. The molecule has 1 heterocycles. The molecule has 2 aromatic rings. The monoisotopic (exact) mass is 349 g/mol. The van der Waals surface area contributed by atoms with Crippen LogP contribution in [0.4, 0.5) is 11.4 Å². The Morgan fingerprint density at radius 3 is 2.43 bits per heavy atom. The number of carbonyl (C=O) groups is 2. The van der Waals surface area contributed by atoms with E-state index in [1.54, 1.807) is 48.9 Å². The first kappa shape index (κ1) is 15.3. The van der Waals surface area contributed by atoms with Crippen molar-refractivity contribution >= 4 is 39.1 Å². The summed E-state index contributed by atoms with van der Waals surface area (Å²) >= 11 is 3.34. The lowest BCUT2D eigenvalue weighted by Gasteiger charge is -2.08. The molecule has 2 N–H and O–H groups in total. The molecule has 0 fully saturated rings. The number of rotatable bonds is 4. The van der Waals surface area contributed by atoms with Crippen molar-refractivity contribution in [1.82, 2.24) is 4.57 Å². The van der Waals surface area contributed by atoms with Gasteiger partial charge in [0.2, 0.25) is 5.91 Å². The fourth-order valence-corrected chi connectivity index (χ4v) is 2.39. The summed E-state index contributed by atoms with van der Waals surface area (Å²) in [6, 6.07) is 8.81. The Kier molecular flexibility index (Phi) is 4.80. The van der Waals surface area contributed by atoms with Crippen LogP contribution in [0.3, 0.4) is 0 Å². The van der Waals surface area contributed by atoms with Crippen LogP contribution < -0.4 is 10.6 Å². The lowest BCUT2D eigenvalue weighted by Crippen LogP contribution is -2.15. The molecule has 1 aromatic carbocycles. The summed E-state index contributed by atoms with van der Waals surface area (Å²) < 4.78 is 2.58. The molecule has 0 bridgehead atoms. The number of carbonyl (C=O) groups excluding carboxylic acids is 2. The van der Waals surface area contributed by atoms with Crippen molar-refractivity contribution in [1.29, 1.82) is 0 Å². The van der Waals surface area contributed by atoms with Crippen LogP contribution in [0.25, 0.3) is 0 Å². The minimum Gasteiger partial charge on any atom is -0.345 e. The topological polar surface area (TPSA) is 63.1 Å². The Morgan fingerprint density at radius 2 is 1.86 bits per heavy atom. The van der Waals surface area contributed by atoms with Gasteiger partial charge in [0.15, 0.2) is 0 Å². The third kappa shape index (κ3) is 3.95. The highest BCUT2D eigenvalue weighted by Gasteiger charge is 2.11. The first-order chi connectivity index (χ1) is 9.99. The largest absolute Gasteiger partial charge is 0.345 e. The maximum absolute atomic E-state index is 12.2. The second kappa shape index (κ2) is 6.58. The van der Waals surface area contributed by atoms with E-state index < -0.39 is 0 Å². The molecule has 21 heavy (non-hydrogen) atoms. The Labute approximate surface area is 131 Å². The number of hydrogen-bond donors (Lipinski definition) is 2. The van der Waals surface area contributed by atoms with E-state index in [2.05, 4.69) is 26.6 Å². The van der Waals surface area contributed by atoms with Gasteiger partial charge in [0, 0.05) is 35.5 Å². The molecule has 6 heteroatoms. The maximum Gasteiger partial charge on any atom is 0.272 e. The van der Waals surface area contributed by atoms with Gasteiger partial charge in [0.1, 0.15) is 5.69 Å². The van der Waals surface area contributed by atoms with Crippen molar-refractivity contribution in [2.75, 3.05) is 10.6 Å². The first-order valence-electron chi connectivity index (χ1n) is 6.52. The van der Waals surface area contributed by atoms with Crippen LogP contribution in [0, 0.1) is 0 Å². The molecule has 0 unspecified atom stereocenters. The average molecular weight is 350 g/mol. The summed E-state index contributed by atoms with van der Waals surface area (Å²) in [5.74, 6) is -0.271. The molecule has 2 rings (SSSR count). The summed E-state index contributed by atoms with van der Waals surface area (Å²) in [6.07, 6.45) is 2.22. The molecule has 0 saturated heterocycles. The zero-order chi connectivity index (χ0) is 15.4. The zero-order valence-corrected chi connectivity index (χ0v) is 13.4. The number of aromatic nitrogens is 1. The molecular weight excluding hydrogens is 334 g/mol. The highest BCUT2D eigenvalue weighted by atomic mass is 79.9. The lowest BCUT2D eigenvalue weighted by molar-refractivity contribution is -0.115. The molecular formula is C15H16BrN3O2. The predicted molar refractivity (Wildman–Crippen MR) is 86.4 cm³/mol. The van der Waals surface area contributed by atoms with Gasteiger partial charge in [-0.15, -0.1) is 0 Å². The van der Waals surface area contributed by atoms with Crippen LogP contribution in [0.15, 0.2) is 41.0 Å². The second-order valence-corrected chi connectivity index (χ2v) is 5.51. The third-order valence-corrected chi connectivity index (χ3v) is 3.36. The number of nitrogens with one attached hydrogen (secondary N) is 2. The molecule has 0 saturated carbocycles. The minimum atomic E-state index is -0.206. The minimum absolute atomic E-state index is 0.0650. The van der Waals surface area contributed by atoms with Gasteiger partial charge in [-0.1, -0.05) is 13.0 Å². The van der Waals surface area contributed by atoms with E-state index in [0.717, 1.165) is 4.47 Å². The van der Waals surface area contributed by atoms with Crippen LogP contribution in [0.2, 0.25) is 0 Å². The Bertz CT molecular complexity index is 679. The Balaban J connectivity index is 2.12. The summed E-state index contributed by atoms with van der Waals surface area (Å²) in [5.41, 5.74) is 1.84. The van der Waals surface area contributed by atoms with E-state index in [9.17, 15) is 9.59 Å². The maximum atomic E-state index is 12.2. The van der Waals surface area contributed by atoms with Gasteiger partial charge in [-0.3, -0.25) is 9.59 Å². The molecule has 0 spiro atoms. The van der Waals surface area contributed by atoms with Crippen LogP contribution in [-0.4, -0.2) is 16.4 Å². The Morgan fingerprint density at radius 1 is 1.19 bits per heavy atom. The smallest absolute Gasteiger partial charge is 0.272 e. The van der Waals surface area contributed by atoms with E-state index in [4.69, 9.17) is 0 Å². The first-order valence-corrected chi connectivity index (χ1v) is 7.32. The SMILES string of the molecule is CCC(=O)Nc1cccc(NC(=O)c2cc(Br)cn2C)c1. The van der Waals surface area contributed by atoms with Crippen molar-refractivity contribution in [3.8, 4) is 0 Å². The highest BCUT2D eigenvalue weighted by molar-refractivity contribution is 9.10. The van der Waals surface area contributed by atoms with E-state index in [1.165, 1.54) is 0 Å². The van der Waals surface area contributed by atoms with E-state index >= 15 is 0 Å². The molecule has 0 atom stereocenters. The second-order valence-electron chi connectivity index (χ2n) is 4.59. The molecule has 0 aliphatic heterocycles. The average Bonchev–Trinajstić information content (AvgIpc) is 2.78. The zero-order valence-electron chi connectivity index (χ0n) is 11.8. The van der Waals surface area contributed by atoms with Gasteiger partial charge in [-0.2, -0.15) is 0 Å². The van der Waals surface area contributed by atoms with Crippen molar-refractivity contribution in [2.24, 2.45) is 7.05 Å². The summed E-state index contributed by atoms with van der Waals surface area (Å²) in [6.45, 7) is 1.79. The van der Waals surface area contributed by atoms with E-state index in [-0.39, 0.29) is 11.8 Å². The van der Waals surface area contributed by atoms with Gasteiger partial charge < -0.3 is 15.2 Å². The fourth-order valence-electron chi connectivity index (χ4n) is 1.87. The number of benzene rings is 1. The molecule has 110 valence electrons. The predicted octanol–water partition coefficient (Wildman–Crippen LogP) is 3.39. The molecule has 0 radical (unpaired) electrons. The van der Waals surface area contributed by atoms with Crippen LogP contribution in [-0.2, 0) is 11.8 Å². The fraction of sp³-hybridized carbons (Fsp3) is 0.200. The highest BCUT2D eigenvalue weighted by Crippen LogP contribution is 2.18. The summed E-state index contributed by atoms with van der Waals surface area (Å²) in [7, 11) is 1.80. The Hall–Kier alpha value is -2.08. The molecule has 0 aliphatic carbocycles. The van der Waals surface area contributed by atoms with Crippen molar-refractivity contribution in [2.45, 2.75) is 13.3 Å². The van der Waals surface area contributed by atoms with E-state index in [0.29, 0.717) is 23.5 Å². The number of aryl methyl sites for hydroxylation is 1. The molecule has 0 aliphatic rings. The van der Waals surface area contributed by atoms with Crippen LogP contribution in [0.1, 0.15) is 23.8 Å². The summed E-state index contributed by atoms with van der Waals surface area (Å²) in [5, 5.41) is 5.57. The molecule has 5 nitrogen and oxygen atoms in total. The van der Waals surface area contributed by atoms with Gasteiger partial charge in [0.05, 0.1) is 0 Å². The number of nitrogens with zero attached hydrogens (tertiary/aromatic N) is 1. The van der Waals surface area contributed by atoms with Crippen molar-refractivity contribution in [3.05, 3.63) is 46.7 Å². The van der Waals surface area contributed by atoms with Crippen molar-refractivity contribution in [3.63, 3.8) is 0 Å². The number of anilines is 2. The third-order valence-electron chi connectivity index (χ3n) is 2.93. The molecule has 1 aromatic heterocycles. The number of amides is 2. The van der Waals surface area contributed by atoms with Crippen LogP contribution in [0.5, 0.6) is 0 Å². The number of hydrogen-bond acceptors (Lipinski definition) is 2. The summed E-state index contributed by atoms with van der Waals surface area (Å²) in [4.78, 5) is 23.6. The number of halogens is 1. The van der Waals surface area contributed by atoms with Gasteiger partial charge in [-0.25, -0.2) is 0 Å². The van der Waals surface area contributed by atoms with Crippen molar-refractivity contribution < 1.29 is 9.59 Å². The van der Waals surface area contributed by atoms with Gasteiger partial charge in [-0.05, 0) is 40.2 Å². The standard InChI is InChI=1S/C15H16BrN3O2/c1-3-14(20)17-11-5-4-6-12(8-11)18-15(21)13-7-10(16)9-19(13)2/h4-9H,3H2,1-2H3,(H,17,20)(H,18,21).